The van der Waals surface area contributed by atoms with Crippen molar-refractivity contribution in [2.24, 2.45) is 11.3 Å². The fourth-order valence-corrected chi connectivity index (χ4v) is 4.12. The molecule has 0 spiro atoms. The quantitative estimate of drug-likeness (QED) is 0.733. The summed E-state index contributed by atoms with van der Waals surface area (Å²) < 4.78 is 33.9. The topological polar surface area (TPSA) is 105 Å². The Morgan fingerprint density at radius 2 is 1.71 bits per heavy atom. The molecule has 0 saturated carbocycles. The lowest BCUT2D eigenvalue weighted by Gasteiger charge is -2.24. The zero-order valence-electron chi connectivity index (χ0n) is 18.2. The number of benzene rings is 2. The smallest absolute Gasteiger partial charge is 0.261 e. The van der Waals surface area contributed by atoms with Crippen molar-refractivity contribution in [1.82, 2.24) is 0 Å². The summed E-state index contributed by atoms with van der Waals surface area (Å²) >= 11 is 0. The van der Waals surface area contributed by atoms with Crippen LogP contribution in [0, 0.1) is 11.3 Å². The largest absolute Gasteiger partial charge is 0.490 e. The molecule has 0 bridgehead atoms. The van der Waals surface area contributed by atoms with E-state index in [9.17, 15) is 18.0 Å². The van der Waals surface area contributed by atoms with Crippen molar-refractivity contribution in [2.75, 3.05) is 28.6 Å². The summed E-state index contributed by atoms with van der Waals surface area (Å²) in [5, 5.41) is 2.72. The number of nitrogens with zero attached hydrogens (tertiary/aromatic N) is 1. The van der Waals surface area contributed by atoms with Crippen LogP contribution in [0.25, 0.3) is 0 Å². The van der Waals surface area contributed by atoms with E-state index in [0.29, 0.717) is 22.8 Å². The number of amides is 2. The molecular weight excluding hydrogens is 418 g/mol. The van der Waals surface area contributed by atoms with Crippen molar-refractivity contribution in [2.45, 2.75) is 32.6 Å². The third-order valence-corrected chi connectivity index (χ3v) is 6.40. The molecule has 2 aromatic rings. The van der Waals surface area contributed by atoms with Crippen LogP contribution in [-0.2, 0) is 19.6 Å². The van der Waals surface area contributed by atoms with Crippen LogP contribution < -0.4 is 19.7 Å². The van der Waals surface area contributed by atoms with Crippen LogP contribution in [0.1, 0.15) is 27.7 Å². The van der Waals surface area contributed by atoms with Crippen LogP contribution in [0.3, 0.4) is 0 Å². The monoisotopic (exact) mass is 445 g/mol. The van der Waals surface area contributed by atoms with Crippen molar-refractivity contribution >= 4 is 38.9 Å². The van der Waals surface area contributed by atoms with Gasteiger partial charge in [-0.15, -0.1) is 0 Å². The molecule has 3 rings (SSSR count). The van der Waals surface area contributed by atoms with E-state index >= 15 is 0 Å². The Balaban J connectivity index is 1.80. The van der Waals surface area contributed by atoms with Gasteiger partial charge in [0.1, 0.15) is 12.4 Å². The Bertz CT molecular complexity index is 1110. The van der Waals surface area contributed by atoms with Crippen molar-refractivity contribution in [1.29, 1.82) is 0 Å². The predicted molar refractivity (Wildman–Crippen MR) is 120 cm³/mol. The van der Waals surface area contributed by atoms with Crippen molar-refractivity contribution < 1.29 is 22.7 Å². The molecule has 2 amide bonds. The van der Waals surface area contributed by atoms with Crippen molar-refractivity contribution in [3.05, 3.63) is 42.5 Å². The molecule has 0 atom stereocenters. The van der Waals surface area contributed by atoms with Crippen LogP contribution in [0.2, 0.25) is 0 Å². The Labute approximate surface area is 182 Å². The van der Waals surface area contributed by atoms with Crippen LogP contribution in [-0.4, -0.2) is 33.9 Å². The molecule has 2 aromatic carbocycles. The summed E-state index contributed by atoms with van der Waals surface area (Å²) in [6, 6.07) is 10.7. The molecule has 1 aliphatic rings. The van der Waals surface area contributed by atoms with Gasteiger partial charge in [0.05, 0.1) is 21.7 Å². The molecule has 1 heterocycles. The van der Waals surface area contributed by atoms with Gasteiger partial charge in [-0.1, -0.05) is 13.8 Å². The number of nitrogens with one attached hydrogen (secondary N) is 2. The van der Waals surface area contributed by atoms with Gasteiger partial charge in [0.15, 0.2) is 0 Å². The van der Waals surface area contributed by atoms with Gasteiger partial charge in [-0.2, -0.15) is 0 Å². The van der Waals surface area contributed by atoms with Gasteiger partial charge >= 0.3 is 0 Å². The molecule has 166 valence electrons. The van der Waals surface area contributed by atoms with E-state index in [2.05, 4.69) is 10.0 Å². The number of carbonyl (C=O) groups is 2. The van der Waals surface area contributed by atoms with Gasteiger partial charge in [-0.3, -0.25) is 14.3 Å². The van der Waals surface area contributed by atoms with E-state index in [-0.39, 0.29) is 29.2 Å². The third-order valence-electron chi connectivity index (χ3n) is 5.00. The average molecular weight is 446 g/mol. The van der Waals surface area contributed by atoms with Gasteiger partial charge in [0.2, 0.25) is 11.8 Å². The SMILES string of the molecule is CC(C)C(=O)Nc1ccc(S(=O)(=O)Nc2ccc3c(c2)OCC(C)(C)C(=O)N3C)cc1. The maximum absolute atomic E-state index is 12.8. The summed E-state index contributed by atoms with van der Waals surface area (Å²) in [6.45, 7) is 7.33. The summed E-state index contributed by atoms with van der Waals surface area (Å²) in [6.07, 6.45) is 0. The number of hydrogen-bond donors (Lipinski definition) is 2. The third kappa shape index (κ3) is 4.82. The van der Waals surface area contributed by atoms with E-state index in [1.807, 2.05) is 0 Å². The highest BCUT2D eigenvalue weighted by Gasteiger charge is 2.36. The number of sulfonamides is 1. The summed E-state index contributed by atoms with van der Waals surface area (Å²) in [4.78, 5) is 25.9. The second-order valence-electron chi connectivity index (χ2n) is 8.49. The average Bonchev–Trinajstić information content (AvgIpc) is 2.78. The fraction of sp³-hybridized carbons (Fsp3) is 0.364. The van der Waals surface area contributed by atoms with E-state index in [1.165, 1.54) is 29.2 Å². The van der Waals surface area contributed by atoms with Gasteiger partial charge in [0, 0.05) is 24.7 Å². The molecule has 0 saturated heterocycles. The molecule has 0 aliphatic carbocycles. The first-order chi connectivity index (χ1) is 14.4. The van der Waals surface area contributed by atoms with Crippen molar-refractivity contribution in [3.8, 4) is 5.75 Å². The first kappa shape index (κ1) is 22.6. The van der Waals surface area contributed by atoms with E-state index in [4.69, 9.17) is 4.74 Å². The van der Waals surface area contributed by atoms with E-state index < -0.39 is 15.4 Å². The van der Waals surface area contributed by atoms with Crippen LogP contribution in [0.5, 0.6) is 5.75 Å². The van der Waals surface area contributed by atoms with Crippen LogP contribution >= 0.6 is 0 Å². The minimum Gasteiger partial charge on any atom is -0.490 e. The highest BCUT2D eigenvalue weighted by molar-refractivity contribution is 7.92. The second kappa shape index (κ2) is 8.22. The number of carbonyl (C=O) groups excluding carboxylic acids is 2. The molecule has 31 heavy (non-hydrogen) atoms. The highest BCUT2D eigenvalue weighted by atomic mass is 32.2. The molecule has 0 unspecified atom stereocenters. The van der Waals surface area contributed by atoms with Gasteiger partial charge in [-0.25, -0.2) is 8.42 Å². The first-order valence-electron chi connectivity index (χ1n) is 9.89. The number of rotatable bonds is 5. The van der Waals surface area contributed by atoms with E-state index in [0.717, 1.165) is 0 Å². The molecule has 0 fully saturated rings. The molecule has 0 aromatic heterocycles. The molecule has 2 N–H and O–H groups in total. The maximum atomic E-state index is 12.8. The Hall–Kier alpha value is -3.07. The normalized spacial score (nSPS) is 15.7. The Morgan fingerprint density at radius 1 is 1.10 bits per heavy atom. The number of anilines is 3. The molecule has 1 aliphatic heterocycles. The van der Waals surface area contributed by atoms with Gasteiger partial charge < -0.3 is 15.0 Å². The standard InChI is InChI=1S/C22H27N3O5S/c1-14(2)20(26)23-15-6-9-17(10-7-15)31(28,29)24-16-8-11-18-19(12-16)30-13-22(3,4)21(27)25(18)5/h6-12,14,24H,13H2,1-5H3,(H,23,26). The fourth-order valence-electron chi connectivity index (χ4n) is 3.07. The van der Waals surface area contributed by atoms with E-state index in [1.54, 1.807) is 52.9 Å². The molecule has 9 heteroatoms. The maximum Gasteiger partial charge on any atom is 0.261 e. The summed E-state index contributed by atoms with van der Waals surface area (Å²) in [5.41, 5.74) is 0.715. The predicted octanol–water partition coefficient (Wildman–Crippen LogP) is 3.46. The number of fused-ring (bicyclic) bond motifs is 1. The molecule has 0 radical (unpaired) electrons. The summed E-state index contributed by atoms with van der Waals surface area (Å²) in [5.74, 6) is 0.0170. The number of ether oxygens (including phenoxy) is 1. The lowest BCUT2D eigenvalue weighted by atomic mass is 9.93. The summed E-state index contributed by atoms with van der Waals surface area (Å²) in [7, 11) is -2.19. The Morgan fingerprint density at radius 3 is 2.32 bits per heavy atom. The minimum absolute atomic E-state index is 0.0549. The number of hydrogen-bond acceptors (Lipinski definition) is 5. The van der Waals surface area contributed by atoms with Crippen LogP contribution in [0.4, 0.5) is 17.1 Å². The van der Waals surface area contributed by atoms with Crippen molar-refractivity contribution in [3.63, 3.8) is 0 Å². The molecular formula is C22H27N3O5S. The Kier molecular flexibility index (Phi) is 6.00. The minimum atomic E-state index is -3.86. The van der Waals surface area contributed by atoms with Gasteiger partial charge in [0.25, 0.3) is 10.0 Å². The van der Waals surface area contributed by atoms with Crippen LogP contribution in [0.15, 0.2) is 47.4 Å². The highest BCUT2D eigenvalue weighted by Crippen LogP contribution is 2.37. The first-order valence-corrected chi connectivity index (χ1v) is 11.4. The zero-order valence-corrected chi connectivity index (χ0v) is 19.0. The second-order valence-corrected chi connectivity index (χ2v) is 10.2. The lowest BCUT2D eigenvalue weighted by Crippen LogP contribution is -2.39. The molecule has 8 nitrogen and oxygen atoms in total. The van der Waals surface area contributed by atoms with Gasteiger partial charge in [-0.05, 0) is 50.2 Å². The zero-order chi connectivity index (χ0) is 23.0. The lowest BCUT2D eigenvalue weighted by molar-refractivity contribution is -0.127.